The molecule has 4 heterocycles. The van der Waals surface area contributed by atoms with Crippen LogP contribution in [0.2, 0.25) is 5.02 Å². The summed E-state index contributed by atoms with van der Waals surface area (Å²) < 4.78 is 5.41. The zero-order chi connectivity index (χ0) is 26.9. The van der Waals surface area contributed by atoms with Gasteiger partial charge in [-0.25, -0.2) is 9.97 Å². The van der Waals surface area contributed by atoms with Gasteiger partial charge in [-0.1, -0.05) is 29.8 Å². The molecule has 3 N–H and O–H groups in total. The van der Waals surface area contributed by atoms with Crippen LogP contribution < -0.4 is 10.6 Å². The number of fused-ring (bicyclic) bond motifs is 1. The molecular weight excluding hydrogens is 508 g/mol. The largest absolute Gasteiger partial charge is 0.381 e. The molecule has 2 aliphatic heterocycles. The van der Waals surface area contributed by atoms with Gasteiger partial charge in [0.2, 0.25) is 11.9 Å². The molecule has 2 aliphatic rings. The van der Waals surface area contributed by atoms with Crippen molar-refractivity contribution in [3.63, 3.8) is 0 Å². The summed E-state index contributed by atoms with van der Waals surface area (Å²) >= 11 is 6.46. The summed E-state index contributed by atoms with van der Waals surface area (Å²) in [6, 6.07) is 9.89. The number of hydrogen-bond acceptors (Lipinski definition) is 8. The van der Waals surface area contributed by atoms with E-state index in [1.54, 1.807) is 36.7 Å². The van der Waals surface area contributed by atoms with Crippen LogP contribution in [0.1, 0.15) is 54.3 Å². The first-order valence-electron chi connectivity index (χ1n) is 12.5. The van der Waals surface area contributed by atoms with Crippen LogP contribution >= 0.6 is 11.6 Å². The Morgan fingerprint density at radius 2 is 2.03 bits per heavy atom. The van der Waals surface area contributed by atoms with Crippen LogP contribution in [0.4, 0.5) is 5.95 Å². The lowest BCUT2D eigenvalue weighted by Gasteiger charge is -2.40. The third-order valence-corrected chi connectivity index (χ3v) is 7.19. The van der Waals surface area contributed by atoms with E-state index in [1.165, 1.54) is 18.7 Å². The molecule has 0 bridgehead atoms. The Bertz CT molecular complexity index is 1350. The first-order chi connectivity index (χ1) is 18.2. The van der Waals surface area contributed by atoms with Crippen molar-refractivity contribution in [2.24, 2.45) is 0 Å². The van der Waals surface area contributed by atoms with Crippen LogP contribution in [0.3, 0.4) is 0 Å². The molecule has 10 nitrogen and oxygen atoms in total. The van der Waals surface area contributed by atoms with Crippen LogP contribution in [0.5, 0.6) is 0 Å². The van der Waals surface area contributed by atoms with Crippen molar-refractivity contribution in [2.45, 2.75) is 51.0 Å². The number of rotatable bonds is 7. The fraction of sp³-hybridized carbons (Fsp3) is 0.370. The second kappa shape index (κ2) is 10.6. The Hall–Kier alpha value is -3.60. The highest BCUT2D eigenvalue weighted by molar-refractivity contribution is 6.33. The fourth-order valence-electron chi connectivity index (χ4n) is 4.87. The summed E-state index contributed by atoms with van der Waals surface area (Å²) in [5.41, 5.74) is 1.01. The lowest BCUT2D eigenvalue weighted by molar-refractivity contribution is -0.130. The van der Waals surface area contributed by atoms with E-state index in [4.69, 9.17) is 16.3 Å². The number of benzene rings is 1. The SMILES string of the molecule is CC(=O)N[C@@H](c1ccccn1)[C@](C)(O)N1Cc2ccc(-c3nc(NC4CCOCC4)ncc3Cl)cc2C1=O. The Balaban J connectivity index is 1.42. The highest BCUT2D eigenvalue weighted by Crippen LogP contribution is 2.37. The van der Waals surface area contributed by atoms with Gasteiger partial charge in [0.15, 0.2) is 5.72 Å². The van der Waals surface area contributed by atoms with E-state index in [2.05, 4.69) is 25.6 Å². The molecule has 38 heavy (non-hydrogen) atoms. The molecule has 2 amide bonds. The summed E-state index contributed by atoms with van der Waals surface area (Å²) in [5, 5.41) is 18.1. The molecular formula is C27H29ClN6O4. The normalized spacial score (nSPS) is 18.0. The van der Waals surface area contributed by atoms with E-state index < -0.39 is 11.8 Å². The van der Waals surface area contributed by atoms with Crippen molar-refractivity contribution in [1.29, 1.82) is 0 Å². The number of aliphatic hydroxyl groups is 1. The number of carbonyl (C=O) groups is 2. The van der Waals surface area contributed by atoms with E-state index in [9.17, 15) is 14.7 Å². The number of nitrogens with zero attached hydrogens (tertiary/aromatic N) is 4. The van der Waals surface area contributed by atoms with Gasteiger partial charge in [-0.15, -0.1) is 0 Å². The molecule has 5 rings (SSSR count). The van der Waals surface area contributed by atoms with Crippen LogP contribution in [0.15, 0.2) is 48.8 Å². The van der Waals surface area contributed by atoms with Gasteiger partial charge in [0.25, 0.3) is 5.91 Å². The van der Waals surface area contributed by atoms with E-state index in [0.29, 0.717) is 46.7 Å². The van der Waals surface area contributed by atoms with Gasteiger partial charge in [-0.2, -0.15) is 0 Å². The standard InChI is InChI=1S/C27H29ClN6O4/c1-16(35)31-24(22-5-3-4-10-29-22)27(2,37)34-15-18-7-6-17(13-20(18)25(34)36)23-21(28)14-30-26(33-23)32-19-8-11-38-12-9-19/h3-7,10,13-14,19,24,37H,8-9,11-12,15H2,1-2H3,(H,31,35)(H,30,32,33)/t24-,27-/m0/s1. The van der Waals surface area contributed by atoms with E-state index in [-0.39, 0.29) is 24.4 Å². The van der Waals surface area contributed by atoms with E-state index in [0.717, 1.165) is 18.4 Å². The van der Waals surface area contributed by atoms with Gasteiger partial charge in [0, 0.05) is 50.0 Å². The Labute approximate surface area is 225 Å². The van der Waals surface area contributed by atoms with Gasteiger partial charge < -0.3 is 25.4 Å². The molecule has 0 aliphatic carbocycles. The molecule has 2 atom stereocenters. The molecule has 0 unspecified atom stereocenters. The highest BCUT2D eigenvalue weighted by Gasteiger charge is 2.46. The second-order valence-electron chi connectivity index (χ2n) is 9.67. The maximum absolute atomic E-state index is 13.6. The summed E-state index contributed by atoms with van der Waals surface area (Å²) in [6.07, 6.45) is 4.84. The summed E-state index contributed by atoms with van der Waals surface area (Å²) in [5.74, 6) is -0.263. The predicted molar refractivity (Wildman–Crippen MR) is 141 cm³/mol. The molecule has 0 saturated carbocycles. The highest BCUT2D eigenvalue weighted by atomic mass is 35.5. The Morgan fingerprint density at radius 3 is 2.74 bits per heavy atom. The lowest BCUT2D eigenvalue weighted by Crippen LogP contribution is -2.55. The maximum atomic E-state index is 13.6. The van der Waals surface area contributed by atoms with Crippen LogP contribution in [0.25, 0.3) is 11.3 Å². The first kappa shape index (κ1) is 26.0. The molecule has 11 heteroatoms. The van der Waals surface area contributed by atoms with E-state index >= 15 is 0 Å². The maximum Gasteiger partial charge on any atom is 0.256 e. The minimum Gasteiger partial charge on any atom is -0.381 e. The second-order valence-corrected chi connectivity index (χ2v) is 10.1. The summed E-state index contributed by atoms with van der Waals surface area (Å²) in [7, 11) is 0. The van der Waals surface area contributed by atoms with Crippen molar-refractivity contribution in [3.8, 4) is 11.3 Å². The number of anilines is 1. The summed E-state index contributed by atoms with van der Waals surface area (Å²) in [6.45, 7) is 4.40. The number of pyridine rings is 1. The van der Waals surface area contributed by atoms with Crippen LogP contribution in [-0.2, 0) is 16.1 Å². The molecule has 0 radical (unpaired) electrons. The smallest absolute Gasteiger partial charge is 0.256 e. The number of carbonyl (C=O) groups excluding carboxylic acids is 2. The van der Waals surface area contributed by atoms with Crippen LogP contribution in [-0.4, -0.2) is 61.8 Å². The van der Waals surface area contributed by atoms with Gasteiger partial charge in [-0.3, -0.25) is 14.6 Å². The molecule has 0 spiro atoms. The monoisotopic (exact) mass is 536 g/mol. The van der Waals surface area contributed by atoms with Crippen LogP contribution in [0, 0.1) is 0 Å². The molecule has 3 aromatic rings. The fourth-order valence-corrected chi connectivity index (χ4v) is 5.07. The van der Waals surface area contributed by atoms with Crippen molar-refractivity contribution in [1.82, 2.24) is 25.2 Å². The third kappa shape index (κ3) is 5.20. The summed E-state index contributed by atoms with van der Waals surface area (Å²) in [4.78, 5) is 40.2. The minimum absolute atomic E-state index is 0.165. The van der Waals surface area contributed by atoms with Gasteiger partial charge in [0.1, 0.15) is 6.04 Å². The average Bonchev–Trinajstić information content (AvgIpc) is 3.26. The number of halogens is 1. The quantitative estimate of drug-likeness (QED) is 0.419. The molecule has 1 saturated heterocycles. The van der Waals surface area contributed by atoms with Gasteiger partial charge in [-0.05, 0) is 43.5 Å². The topological polar surface area (TPSA) is 130 Å². The van der Waals surface area contributed by atoms with Gasteiger partial charge in [0.05, 0.1) is 22.6 Å². The third-order valence-electron chi connectivity index (χ3n) is 6.91. The predicted octanol–water partition coefficient (Wildman–Crippen LogP) is 3.32. The van der Waals surface area contributed by atoms with Crippen molar-refractivity contribution < 1.29 is 19.4 Å². The number of amides is 2. The van der Waals surface area contributed by atoms with Crippen molar-refractivity contribution in [2.75, 3.05) is 18.5 Å². The van der Waals surface area contributed by atoms with Crippen molar-refractivity contribution in [3.05, 3.63) is 70.6 Å². The lowest BCUT2D eigenvalue weighted by atomic mass is 9.99. The molecule has 1 aromatic carbocycles. The number of ether oxygens (including phenoxy) is 1. The molecule has 1 fully saturated rings. The zero-order valence-electron chi connectivity index (χ0n) is 21.1. The zero-order valence-corrected chi connectivity index (χ0v) is 21.9. The number of nitrogens with one attached hydrogen (secondary N) is 2. The number of hydrogen-bond donors (Lipinski definition) is 3. The first-order valence-corrected chi connectivity index (χ1v) is 12.8. The number of aromatic nitrogens is 3. The minimum atomic E-state index is -1.76. The average molecular weight is 537 g/mol. The van der Waals surface area contributed by atoms with Gasteiger partial charge >= 0.3 is 0 Å². The molecule has 198 valence electrons. The molecule has 2 aromatic heterocycles. The Kier molecular flexibility index (Phi) is 7.29. The van der Waals surface area contributed by atoms with Crippen molar-refractivity contribution >= 4 is 29.4 Å². The Morgan fingerprint density at radius 1 is 1.24 bits per heavy atom. The van der Waals surface area contributed by atoms with E-state index in [1.807, 2.05) is 12.1 Å².